The van der Waals surface area contributed by atoms with Gasteiger partial charge in [-0.25, -0.2) is 4.98 Å². The smallest absolute Gasteiger partial charge is 0.264 e. The van der Waals surface area contributed by atoms with Crippen LogP contribution in [0, 0.1) is 23.2 Å². The van der Waals surface area contributed by atoms with Crippen LogP contribution in [0.5, 0.6) is 0 Å². The van der Waals surface area contributed by atoms with Gasteiger partial charge in [-0.2, -0.15) is 5.26 Å². The molecule has 1 amide bonds. The van der Waals surface area contributed by atoms with E-state index in [-0.39, 0.29) is 18.0 Å². The summed E-state index contributed by atoms with van der Waals surface area (Å²) in [6.07, 6.45) is 10.3. The van der Waals surface area contributed by atoms with Crippen LogP contribution in [-0.2, 0) is 4.79 Å². The van der Waals surface area contributed by atoms with E-state index in [1.165, 1.54) is 0 Å². The minimum Gasteiger partial charge on any atom is -0.382 e. The van der Waals surface area contributed by atoms with Crippen molar-refractivity contribution in [2.75, 3.05) is 23.3 Å². The predicted molar refractivity (Wildman–Crippen MR) is 145 cm³/mol. The van der Waals surface area contributed by atoms with E-state index in [0.717, 1.165) is 64.4 Å². The van der Waals surface area contributed by atoms with Crippen LogP contribution in [0.15, 0.2) is 47.0 Å². The van der Waals surface area contributed by atoms with Crippen molar-refractivity contribution in [2.24, 2.45) is 17.0 Å². The molecule has 2 N–H and O–H groups in total. The summed E-state index contributed by atoms with van der Waals surface area (Å²) in [6.45, 7) is 7.58. The third kappa shape index (κ3) is 4.49. The number of rotatable bonds is 6. The maximum absolute atomic E-state index is 11.7. The number of hydrogen-bond donors (Lipinski definition) is 2. The standard InChI is InChI=1S/C27H29N9OS/c1-15(2)31-22-9-23(24-7-6-20-8-17(10-28)11-30-36(20)24)29-12-21(22)26-33-34-27(38-26)35-13-18-4-5-19(14-35)25(18)32-16(3)37/h6-7,9,11-12,15,18-19,25H,4-5,8,13-14H2,1-3H3,(H-,29,31,32,33,37)/p+1/t18-,19+,25?. The first-order chi connectivity index (χ1) is 18.4. The maximum atomic E-state index is 11.7. The van der Waals surface area contributed by atoms with Crippen molar-refractivity contribution >= 4 is 33.8 Å². The van der Waals surface area contributed by atoms with Gasteiger partial charge in [0.25, 0.3) is 5.70 Å². The summed E-state index contributed by atoms with van der Waals surface area (Å²) in [7, 11) is 0. The Balaban J connectivity index is 1.26. The van der Waals surface area contributed by atoms with Gasteiger partial charge in [-0.05, 0) is 54.4 Å². The quantitative estimate of drug-likeness (QED) is 0.537. The molecule has 10 nitrogen and oxygen atoms in total. The van der Waals surface area contributed by atoms with Crippen molar-refractivity contribution in [2.45, 2.75) is 52.1 Å². The molecule has 2 bridgehead atoms. The molecule has 2 fully saturated rings. The number of nitrogens with zero attached hydrogens (tertiary/aromatic N) is 7. The van der Waals surface area contributed by atoms with Crippen molar-refractivity contribution < 1.29 is 9.49 Å². The molecule has 1 saturated carbocycles. The van der Waals surface area contributed by atoms with Crippen molar-refractivity contribution in [3.05, 3.63) is 47.6 Å². The molecule has 0 aromatic carbocycles. The molecule has 194 valence electrons. The summed E-state index contributed by atoms with van der Waals surface area (Å²) >= 11 is 1.58. The number of azo groups is 2. The van der Waals surface area contributed by atoms with Gasteiger partial charge in [0.2, 0.25) is 16.7 Å². The fourth-order valence-electron chi connectivity index (χ4n) is 5.87. The minimum absolute atomic E-state index is 0.0531. The lowest BCUT2D eigenvalue weighted by molar-refractivity contribution is -0.449. The summed E-state index contributed by atoms with van der Waals surface area (Å²) in [6, 6.07) is 4.71. The fourth-order valence-corrected chi connectivity index (χ4v) is 6.76. The second kappa shape index (κ2) is 9.76. The third-order valence-electron chi connectivity index (χ3n) is 7.51. The first-order valence-corrected chi connectivity index (χ1v) is 13.8. The van der Waals surface area contributed by atoms with Gasteiger partial charge in [0, 0.05) is 56.1 Å². The van der Waals surface area contributed by atoms with Crippen LogP contribution in [0.2, 0.25) is 0 Å². The topological polar surface area (TPSA) is 122 Å². The third-order valence-corrected chi connectivity index (χ3v) is 8.52. The zero-order chi connectivity index (χ0) is 26.4. The van der Waals surface area contributed by atoms with Crippen LogP contribution < -0.4 is 15.5 Å². The van der Waals surface area contributed by atoms with Gasteiger partial charge in [-0.3, -0.25) is 4.79 Å². The second-order valence-corrected chi connectivity index (χ2v) is 11.6. The summed E-state index contributed by atoms with van der Waals surface area (Å²) in [5.41, 5.74) is 5.14. The molecule has 3 aliphatic heterocycles. The Labute approximate surface area is 225 Å². The molecule has 38 heavy (non-hydrogen) atoms. The van der Waals surface area contributed by atoms with Crippen molar-refractivity contribution in [1.29, 1.82) is 5.26 Å². The van der Waals surface area contributed by atoms with Gasteiger partial charge in [0.1, 0.15) is 11.9 Å². The van der Waals surface area contributed by atoms with E-state index < -0.39 is 0 Å². The van der Waals surface area contributed by atoms with Crippen molar-refractivity contribution in [3.8, 4) is 16.6 Å². The molecule has 3 atom stereocenters. The normalized spacial score (nSPS) is 23.8. The molecule has 2 aromatic rings. The lowest BCUT2D eigenvalue weighted by atomic mass is 9.92. The highest BCUT2D eigenvalue weighted by Gasteiger charge is 2.43. The molecule has 0 radical (unpaired) electrons. The van der Waals surface area contributed by atoms with Gasteiger partial charge in [0.05, 0.1) is 23.6 Å². The molecule has 1 aliphatic carbocycles. The minimum atomic E-state index is 0.0531. The number of allylic oxidation sites excluding steroid dienone is 3. The SMILES string of the molecule is CC(=O)NC1[C@@H]2CC[C@H]1CN(c1nnc(-c3cnc(C4=CC=C5CC(C#N)=CN=[N+]54)cc3NC(C)C)s1)C2. The number of pyridine rings is 1. The Morgan fingerprint density at radius 3 is 2.74 bits per heavy atom. The average Bonchev–Trinajstić information content (AvgIpc) is 3.59. The Morgan fingerprint density at radius 1 is 1.24 bits per heavy atom. The van der Waals surface area contributed by atoms with E-state index in [0.29, 0.717) is 23.8 Å². The second-order valence-electron chi connectivity index (χ2n) is 10.6. The maximum Gasteiger partial charge on any atom is 0.264 e. The number of carbonyl (C=O) groups is 1. The van der Waals surface area contributed by atoms with E-state index in [2.05, 4.69) is 50.8 Å². The first-order valence-electron chi connectivity index (χ1n) is 13.0. The molecule has 1 saturated heterocycles. The van der Waals surface area contributed by atoms with Crippen molar-refractivity contribution in [3.63, 3.8) is 0 Å². The lowest BCUT2D eigenvalue weighted by Crippen LogP contribution is -2.52. The van der Waals surface area contributed by atoms with E-state index in [9.17, 15) is 10.1 Å². The molecule has 2 aromatic heterocycles. The highest BCUT2D eigenvalue weighted by Crippen LogP contribution is 2.41. The average molecular weight is 529 g/mol. The summed E-state index contributed by atoms with van der Waals surface area (Å²) in [4.78, 5) is 18.8. The molecule has 0 spiro atoms. The highest BCUT2D eigenvalue weighted by molar-refractivity contribution is 7.18. The molecule has 6 rings (SSSR count). The number of hydrogen-bond acceptors (Lipinski definition) is 9. The molecule has 4 aliphatic rings. The van der Waals surface area contributed by atoms with Gasteiger partial charge in [-0.1, -0.05) is 11.3 Å². The van der Waals surface area contributed by atoms with Gasteiger partial charge in [0.15, 0.2) is 5.01 Å². The number of anilines is 2. The van der Waals surface area contributed by atoms with Gasteiger partial charge < -0.3 is 15.5 Å². The fraction of sp³-hybridized carbons (Fsp3) is 0.444. The molecule has 1 unspecified atom stereocenters. The highest BCUT2D eigenvalue weighted by atomic mass is 32.1. The van der Waals surface area contributed by atoms with Crippen LogP contribution in [0.1, 0.15) is 45.7 Å². The zero-order valence-electron chi connectivity index (χ0n) is 21.7. The number of aromatic nitrogens is 3. The molecule has 11 heteroatoms. The van der Waals surface area contributed by atoms with Gasteiger partial charge >= 0.3 is 0 Å². The number of fused-ring (bicyclic) bond motifs is 3. The molecular weight excluding hydrogens is 498 g/mol. The van der Waals surface area contributed by atoms with E-state index in [1.54, 1.807) is 24.5 Å². The number of nitrogens with one attached hydrogen (secondary N) is 2. The van der Waals surface area contributed by atoms with Gasteiger partial charge in [-0.15, -0.1) is 10.2 Å². The van der Waals surface area contributed by atoms with E-state index in [4.69, 9.17) is 4.98 Å². The van der Waals surface area contributed by atoms with Crippen LogP contribution >= 0.6 is 11.3 Å². The first kappa shape index (κ1) is 24.4. The Morgan fingerprint density at radius 2 is 2.03 bits per heavy atom. The Bertz CT molecular complexity index is 1450. The van der Waals surface area contributed by atoms with Crippen LogP contribution in [0.25, 0.3) is 16.3 Å². The van der Waals surface area contributed by atoms with E-state index in [1.807, 2.05) is 29.1 Å². The number of carbonyl (C=O) groups excluding carboxylic acids is 1. The van der Waals surface area contributed by atoms with Crippen LogP contribution in [0.4, 0.5) is 10.8 Å². The predicted octanol–water partition coefficient (Wildman–Crippen LogP) is 4.29. The number of piperidine rings is 1. The Hall–Kier alpha value is -3.91. The molecular formula is C27H30N9OS+. The largest absolute Gasteiger partial charge is 0.382 e. The van der Waals surface area contributed by atoms with Crippen molar-refractivity contribution in [1.82, 2.24) is 20.5 Å². The zero-order valence-corrected chi connectivity index (χ0v) is 22.5. The van der Waals surface area contributed by atoms with Crippen LogP contribution in [-0.4, -0.2) is 51.0 Å². The van der Waals surface area contributed by atoms with Crippen LogP contribution in [0.3, 0.4) is 0 Å². The summed E-state index contributed by atoms with van der Waals surface area (Å²) < 4.78 is 1.85. The number of amides is 1. The summed E-state index contributed by atoms with van der Waals surface area (Å²) in [5, 5.41) is 31.3. The number of nitriles is 1. The van der Waals surface area contributed by atoms with E-state index >= 15 is 0 Å². The Kier molecular flexibility index (Phi) is 6.27. The summed E-state index contributed by atoms with van der Waals surface area (Å²) in [5.74, 6) is 0.945. The lowest BCUT2D eigenvalue weighted by Gasteiger charge is -2.37. The monoisotopic (exact) mass is 528 g/mol. The molecule has 5 heterocycles.